The Morgan fingerprint density at radius 2 is 1.89 bits per heavy atom. The largest absolute Gasteiger partial charge is 0.366 e. The molecule has 0 spiro atoms. The first kappa shape index (κ1) is 22.9. The minimum Gasteiger partial charge on any atom is -0.366 e. The van der Waals surface area contributed by atoms with Crippen LogP contribution in [0.4, 0.5) is 5.69 Å². The lowest BCUT2D eigenvalue weighted by Crippen LogP contribution is -2.47. The highest BCUT2D eigenvalue weighted by Crippen LogP contribution is 2.36. The Kier molecular flexibility index (Phi) is 6.65. The number of primary amides is 1. The summed E-state index contributed by atoms with van der Waals surface area (Å²) in [6, 6.07) is 17.0. The molecule has 1 atom stereocenters. The first-order valence-electron chi connectivity index (χ1n) is 11.4. The van der Waals surface area contributed by atoms with E-state index in [2.05, 4.69) is 15.3 Å². The Bertz CT molecular complexity index is 1330. The molecule has 3 N–H and O–H groups in total. The van der Waals surface area contributed by atoms with Crippen LogP contribution >= 0.6 is 11.3 Å². The Labute approximate surface area is 207 Å². The number of fused-ring (bicyclic) bond motifs is 1. The predicted molar refractivity (Wildman–Crippen MR) is 137 cm³/mol. The van der Waals surface area contributed by atoms with E-state index in [-0.39, 0.29) is 5.91 Å². The fraction of sp³-hybridized carbons (Fsp3) is 0.185. The number of anilines is 1. The van der Waals surface area contributed by atoms with E-state index >= 15 is 0 Å². The number of nitrogens with zero attached hydrogens (tertiary/aromatic N) is 3. The van der Waals surface area contributed by atoms with E-state index in [1.165, 1.54) is 11.3 Å². The third-order valence-corrected chi connectivity index (χ3v) is 6.88. The van der Waals surface area contributed by atoms with Crippen LogP contribution in [0.2, 0.25) is 0 Å². The lowest BCUT2D eigenvalue weighted by atomic mass is 9.97. The van der Waals surface area contributed by atoms with Crippen LogP contribution in [0.5, 0.6) is 0 Å². The number of thiazole rings is 1. The highest BCUT2D eigenvalue weighted by atomic mass is 32.1. The number of aromatic nitrogens is 2. The summed E-state index contributed by atoms with van der Waals surface area (Å²) in [5.74, 6) is -0.529. The quantitative estimate of drug-likeness (QED) is 0.399. The van der Waals surface area contributed by atoms with Crippen LogP contribution in [0, 0.1) is 0 Å². The van der Waals surface area contributed by atoms with E-state index in [0.717, 1.165) is 33.6 Å². The zero-order valence-corrected chi connectivity index (χ0v) is 19.9. The van der Waals surface area contributed by atoms with Gasteiger partial charge >= 0.3 is 0 Å². The zero-order valence-electron chi connectivity index (χ0n) is 19.1. The van der Waals surface area contributed by atoms with Gasteiger partial charge in [-0.25, -0.2) is 4.98 Å². The molecule has 1 unspecified atom stereocenters. The van der Waals surface area contributed by atoms with Crippen LogP contribution in [0.3, 0.4) is 0 Å². The Morgan fingerprint density at radius 3 is 2.60 bits per heavy atom. The molecule has 0 saturated heterocycles. The molecule has 0 bridgehead atoms. The van der Waals surface area contributed by atoms with Crippen LogP contribution in [-0.4, -0.2) is 34.4 Å². The molecule has 1 aliphatic heterocycles. The monoisotopic (exact) mass is 483 g/mol. The number of amides is 2. The van der Waals surface area contributed by atoms with Gasteiger partial charge in [-0.3, -0.25) is 19.9 Å². The van der Waals surface area contributed by atoms with Gasteiger partial charge in [-0.1, -0.05) is 30.3 Å². The molecule has 2 amide bonds. The normalized spacial score (nSPS) is 13.4. The van der Waals surface area contributed by atoms with Crippen LogP contribution in [0.1, 0.15) is 27.2 Å². The molecule has 4 aromatic rings. The number of carbonyl (C=O) groups is 2. The second-order valence-electron chi connectivity index (χ2n) is 8.46. The average molecular weight is 484 g/mol. The summed E-state index contributed by atoms with van der Waals surface area (Å²) in [4.78, 5) is 36.4. The minimum absolute atomic E-state index is 0.0369. The third kappa shape index (κ3) is 4.99. The molecule has 3 heterocycles. The molecular formula is C27H25N5O2S. The van der Waals surface area contributed by atoms with Crippen LogP contribution in [0.25, 0.3) is 11.1 Å². The maximum atomic E-state index is 13.9. The van der Waals surface area contributed by atoms with Crippen molar-refractivity contribution in [1.29, 1.82) is 0 Å². The number of hydrogen-bond donors (Lipinski definition) is 2. The summed E-state index contributed by atoms with van der Waals surface area (Å²) in [7, 11) is 0. The van der Waals surface area contributed by atoms with Crippen molar-refractivity contribution >= 4 is 28.8 Å². The summed E-state index contributed by atoms with van der Waals surface area (Å²) >= 11 is 1.53. The molecule has 2 aromatic carbocycles. The Morgan fingerprint density at radius 1 is 1.09 bits per heavy atom. The fourth-order valence-electron chi connectivity index (χ4n) is 4.50. The second kappa shape index (κ2) is 10.2. The SMILES string of the molecule is NC(=O)c1cc(-c2ccncc2)cc2c1CCN2C(=O)C(Cc1ccccc1)NCc1cscn1. The van der Waals surface area contributed by atoms with Gasteiger partial charge in [-0.05, 0) is 59.4 Å². The predicted octanol–water partition coefficient (Wildman–Crippen LogP) is 3.59. The van der Waals surface area contributed by atoms with Gasteiger partial charge in [0.15, 0.2) is 0 Å². The van der Waals surface area contributed by atoms with E-state index in [1.54, 1.807) is 22.8 Å². The first-order chi connectivity index (χ1) is 17.1. The van der Waals surface area contributed by atoms with Gasteiger partial charge in [-0.2, -0.15) is 0 Å². The van der Waals surface area contributed by atoms with E-state index in [1.807, 2.05) is 60.0 Å². The van der Waals surface area contributed by atoms with Crippen molar-refractivity contribution in [2.24, 2.45) is 5.73 Å². The molecular weight excluding hydrogens is 458 g/mol. The molecule has 5 rings (SSSR count). The number of rotatable bonds is 8. The van der Waals surface area contributed by atoms with Gasteiger partial charge in [0.05, 0.1) is 17.2 Å². The van der Waals surface area contributed by atoms with Crippen LogP contribution < -0.4 is 16.0 Å². The minimum atomic E-state index is -0.492. The molecule has 0 saturated carbocycles. The van der Waals surface area contributed by atoms with Crippen molar-refractivity contribution in [3.63, 3.8) is 0 Å². The Hall–Kier alpha value is -3.88. The smallest absolute Gasteiger partial charge is 0.249 e. The summed E-state index contributed by atoms with van der Waals surface area (Å²) in [6.07, 6.45) is 4.53. The number of nitrogens with two attached hydrogens (primary N) is 1. The highest BCUT2D eigenvalue weighted by Gasteiger charge is 2.33. The third-order valence-electron chi connectivity index (χ3n) is 6.24. The lowest BCUT2D eigenvalue weighted by Gasteiger charge is -2.25. The fourth-order valence-corrected chi connectivity index (χ4v) is 5.06. The second-order valence-corrected chi connectivity index (χ2v) is 9.18. The molecule has 0 aliphatic carbocycles. The maximum Gasteiger partial charge on any atom is 0.249 e. The number of benzene rings is 2. The summed E-state index contributed by atoms with van der Waals surface area (Å²) in [5, 5.41) is 5.39. The number of nitrogens with one attached hydrogen (secondary N) is 1. The summed E-state index contributed by atoms with van der Waals surface area (Å²) in [6.45, 7) is 0.995. The van der Waals surface area contributed by atoms with Crippen molar-refractivity contribution in [1.82, 2.24) is 15.3 Å². The van der Waals surface area contributed by atoms with Gasteiger partial charge in [0.25, 0.3) is 0 Å². The average Bonchev–Trinajstić information content (AvgIpc) is 3.56. The molecule has 7 nitrogen and oxygen atoms in total. The topological polar surface area (TPSA) is 101 Å². The van der Waals surface area contributed by atoms with Gasteiger partial charge < -0.3 is 10.6 Å². The summed E-state index contributed by atoms with van der Waals surface area (Å²) < 4.78 is 0. The number of carbonyl (C=O) groups excluding carboxylic acids is 2. The molecule has 0 fully saturated rings. The van der Waals surface area contributed by atoms with Crippen molar-refractivity contribution in [3.8, 4) is 11.1 Å². The standard InChI is InChI=1S/C27H25N5O2S/c28-26(33)23-13-20(19-6-9-29-10-7-19)14-25-22(23)8-11-32(25)27(34)24(12-18-4-2-1-3-5-18)30-15-21-16-35-17-31-21/h1-7,9-10,13-14,16-17,24,30H,8,11-12,15H2,(H2,28,33). The molecule has 176 valence electrons. The molecule has 35 heavy (non-hydrogen) atoms. The lowest BCUT2D eigenvalue weighted by molar-refractivity contribution is -0.120. The zero-order chi connectivity index (χ0) is 24.2. The van der Waals surface area contributed by atoms with Crippen molar-refractivity contribution < 1.29 is 9.59 Å². The van der Waals surface area contributed by atoms with Crippen LogP contribution in [-0.2, 0) is 24.2 Å². The van der Waals surface area contributed by atoms with Crippen LogP contribution in [0.15, 0.2) is 77.9 Å². The Balaban J connectivity index is 1.49. The molecule has 1 aliphatic rings. The van der Waals surface area contributed by atoms with E-state index in [4.69, 9.17) is 5.73 Å². The van der Waals surface area contributed by atoms with Gasteiger partial charge in [-0.15, -0.1) is 11.3 Å². The number of pyridine rings is 1. The molecule has 0 radical (unpaired) electrons. The van der Waals surface area contributed by atoms with E-state index in [0.29, 0.717) is 31.5 Å². The summed E-state index contributed by atoms with van der Waals surface area (Å²) in [5.41, 5.74) is 13.3. The van der Waals surface area contributed by atoms with Crippen molar-refractivity contribution in [2.45, 2.75) is 25.4 Å². The van der Waals surface area contributed by atoms with Crippen molar-refractivity contribution in [2.75, 3.05) is 11.4 Å². The van der Waals surface area contributed by atoms with E-state index in [9.17, 15) is 9.59 Å². The van der Waals surface area contributed by atoms with Gasteiger partial charge in [0.1, 0.15) is 0 Å². The van der Waals surface area contributed by atoms with Gasteiger partial charge in [0, 0.05) is 42.1 Å². The number of hydrogen-bond acceptors (Lipinski definition) is 6. The highest BCUT2D eigenvalue weighted by molar-refractivity contribution is 7.07. The molecule has 8 heteroatoms. The van der Waals surface area contributed by atoms with Gasteiger partial charge in [0.2, 0.25) is 11.8 Å². The first-order valence-corrected chi connectivity index (χ1v) is 12.4. The maximum absolute atomic E-state index is 13.9. The van der Waals surface area contributed by atoms with E-state index < -0.39 is 11.9 Å². The molecule has 2 aromatic heterocycles. The van der Waals surface area contributed by atoms with Crippen molar-refractivity contribution in [3.05, 3.63) is 100 Å².